The van der Waals surface area contributed by atoms with Crippen molar-refractivity contribution in [2.24, 2.45) is 0 Å². The van der Waals surface area contributed by atoms with Crippen molar-refractivity contribution in [3.63, 3.8) is 0 Å². The molecule has 26 heavy (non-hydrogen) atoms. The van der Waals surface area contributed by atoms with Crippen molar-refractivity contribution in [3.05, 3.63) is 54.3 Å². The van der Waals surface area contributed by atoms with Crippen molar-refractivity contribution in [3.8, 4) is 11.5 Å². The van der Waals surface area contributed by atoms with Crippen molar-refractivity contribution in [2.75, 3.05) is 5.32 Å². The smallest absolute Gasteiger partial charge is 0.265 e. The highest BCUT2D eigenvalue weighted by Gasteiger charge is 2.19. The van der Waals surface area contributed by atoms with E-state index >= 15 is 0 Å². The molecule has 0 spiro atoms. The van der Waals surface area contributed by atoms with Crippen LogP contribution in [0.1, 0.15) is 39.0 Å². The zero-order valence-corrected chi connectivity index (χ0v) is 14.9. The predicted octanol–water partition coefficient (Wildman–Crippen LogP) is 4.94. The van der Waals surface area contributed by atoms with Crippen LogP contribution in [0.4, 0.5) is 10.1 Å². The summed E-state index contributed by atoms with van der Waals surface area (Å²) in [4.78, 5) is 12.4. The van der Waals surface area contributed by atoms with Gasteiger partial charge in [0, 0.05) is 5.69 Å². The average molecular weight is 357 g/mol. The Kier molecular flexibility index (Phi) is 6.10. The molecule has 1 saturated carbocycles. The van der Waals surface area contributed by atoms with Gasteiger partial charge in [0.05, 0.1) is 6.10 Å². The Morgan fingerprint density at radius 3 is 2.31 bits per heavy atom. The molecular formula is C21H24FNO3. The molecule has 2 aromatic rings. The number of hydrogen-bond acceptors (Lipinski definition) is 3. The monoisotopic (exact) mass is 357 g/mol. The largest absolute Gasteiger partial charge is 0.490 e. The van der Waals surface area contributed by atoms with E-state index in [1.165, 1.54) is 37.1 Å². The van der Waals surface area contributed by atoms with Crippen molar-refractivity contribution in [1.82, 2.24) is 0 Å². The van der Waals surface area contributed by atoms with Crippen LogP contribution in [0.5, 0.6) is 11.5 Å². The van der Waals surface area contributed by atoms with Gasteiger partial charge in [-0.05, 0) is 80.6 Å². The molecule has 1 atom stereocenters. The van der Waals surface area contributed by atoms with Gasteiger partial charge in [-0.2, -0.15) is 0 Å². The standard InChI is InChI=1S/C21H24FNO3/c1-2-20(26-19-11-7-15(22)8-12-19)21(24)23-16-9-13-18(14-10-16)25-17-5-3-4-6-17/h7-14,17,20H,2-6H2,1H3,(H,23,24)/t20-/m0/s1. The summed E-state index contributed by atoms with van der Waals surface area (Å²) in [5, 5.41) is 2.85. The molecule has 1 aliphatic carbocycles. The van der Waals surface area contributed by atoms with Crippen LogP contribution >= 0.6 is 0 Å². The number of rotatable bonds is 7. The topological polar surface area (TPSA) is 47.6 Å². The van der Waals surface area contributed by atoms with E-state index in [2.05, 4.69) is 5.32 Å². The molecule has 0 heterocycles. The minimum Gasteiger partial charge on any atom is -0.490 e. The molecule has 1 fully saturated rings. The van der Waals surface area contributed by atoms with Gasteiger partial charge in [0.1, 0.15) is 17.3 Å². The molecule has 3 rings (SSSR count). The number of nitrogens with one attached hydrogen (secondary N) is 1. The van der Waals surface area contributed by atoms with Crippen LogP contribution in [-0.4, -0.2) is 18.1 Å². The Balaban J connectivity index is 1.55. The second-order valence-corrected chi connectivity index (χ2v) is 6.51. The molecule has 0 aliphatic heterocycles. The lowest BCUT2D eigenvalue weighted by Crippen LogP contribution is -2.32. The molecular weight excluding hydrogens is 333 g/mol. The first kappa shape index (κ1) is 18.2. The summed E-state index contributed by atoms with van der Waals surface area (Å²) in [6.45, 7) is 1.87. The van der Waals surface area contributed by atoms with E-state index in [4.69, 9.17) is 9.47 Å². The molecule has 0 bridgehead atoms. The first-order valence-corrected chi connectivity index (χ1v) is 9.14. The highest BCUT2D eigenvalue weighted by molar-refractivity contribution is 5.94. The number of benzene rings is 2. The average Bonchev–Trinajstić information content (AvgIpc) is 3.16. The predicted molar refractivity (Wildman–Crippen MR) is 99.1 cm³/mol. The molecule has 4 nitrogen and oxygen atoms in total. The van der Waals surface area contributed by atoms with Crippen LogP contribution in [0.15, 0.2) is 48.5 Å². The first-order valence-electron chi connectivity index (χ1n) is 9.14. The second kappa shape index (κ2) is 8.70. The van der Waals surface area contributed by atoms with Gasteiger partial charge in [0.15, 0.2) is 6.10 Å². The summed E-state index contributed by atoms with van der Waals surface area (Å²) < 4.78 is 24.6. The molecule has 0 radical (unpaired) electrons. The van der Waals surface area contributed by atoms with Crippen molar-refractivity contribution < 1.29 is 18.7 Å². The number of halogens is 1. The van der Waals surface area contributed by atoms with Gasteiger partial charge in [-0.15, -0.1) is 0 Å². The van der Waals surface area contributed by atoms with Gasteiger partial charge in [-0.1, -0.05) is 6.92 Å². The highest BCUT2D eigenvalue weighted by atomic mass is 19.1. The van der Waals surface area contributed by atoms with Crippen LogP contribution in [-0.2, 0) is 4.79 Å². The van der Waals surface area contributed by atoms with Gasteiger partial charge in [-0.25, -0.2) is 4.39 Å². The summed E-state index contributed by atoms with van der Waals surface area (Å²) in [5.41, 5.74) is 0.690. The van der Waals surface area contributed by atoms with Gasteiger partial charge < -0.3 is 14.8 Å². The molecule has 0 saturated heterocycles. The van der Waals surface area contributed by atoms with E-state index in [-0.39, 0.29) is 11.7 Å². The number of carbonyl (C=O) groups excluding carboxylic acids is 1. The van der Waals surface area contributed by atoms with E-state index in [0.29, 0.717) is 24.0 Å². The van der Waals surface area contributed by atoms with Crippen LogP contribution in [0.3, 0.4) is 0 Å². The minimum absolute atomic E-state index is 0.235. The summed E-state index contributed by atoms with van der Waals surface area (Å²) >= 11 is 0. The molecule has 0 aromatic heterocycles. The van der Waals surface area contributed by atoms with Gasteiger partial charge in [-0.3, -0.25) is 4.79 Å². The van der Waals surface area contributed by atoms with Gasteiger partial charge in [0.25, 0.3) is 5.91 Å². The SMILES string of the molecule is CC[C@H](Oc1ccc(F)cc1)C(=O)Nc1ccc(OC2CCCC2)cc1. The summed E-state index contributed by atoms with van der Waals surface area (Å²) in [5.74, 6) is 0.717. The number of amides is 1. The van der Waals surface area contributed by atoms with E-state index in [0.717, 1.165) is 18.6 Å². The van der Waals surface area contributed by atoms with Gasteiger partial charge in [0.2, 0.25) is 0 Å². The lowest BCUT2D eigenvalue weighted by molar-refractivity contribution is -0.122. The number of ether oxygens (including phenoxy) is 2. The fraction of sp³-hybridized carbons (Fsp3) is 0.381. The third-order valence-electron chi connectivity index (χ3n) is 4.48. The number of hydrogen-bond donors (Lipinski definition) is 1. The quantitative estimate of drug-likeness (QED) is 0.763. The van der Waals surface area contributed by atoms with Crippen LogP contribution < -0.4 is 14.8 Å². The third-order valence-corrected chi connectivity index (χ3v) is 4.48. The van der Waals surface area contributed by atoms with E-state index < -0.39 is 6.10 Å². The summed E-state index contributed by atoms with van der Waals surface area (Å²) in [7, 11) is 0. The van der Waals surface area contributed by atoms with Crippen molar-refractivity contribution in [1.29, 1.82) is 0 Å². The maximum absolute atomic E-state index is 13.0. The van der Waals surface area contributed by atoms with E-state index in [1.807, 2.05) is 31.2 Å². The summed E-state index contributed by atoms with van der Waals surface area (Å²) in [6, 6.07) is 13.0. The Labute approximate surface area is 153 Å². The second-order valence-electron chi connectivity index (χ2n) is 6.51. The van der Waals surface area contributed by atoms with Crippen LogP contribution in [0.25, 0.3) is 0 Å². The highest BCUT2D eigenvalue weighted by Crippen LogP contribution is 2.25. The molecule has 138 valence electrons. The molecule has 1 aliphatic rings. The fourth-order valence-corrected chi connectivity index (χ4v) is 3.04. The Morgan fingerprint density at radius 1 is 1.08 bits per heavy atom. The zero-order chi connectivity index (χ0) is 18.4. The fourth-order valence-electron chi connectivity index (χ4n) is 3.04. The summed E-state index contributed by atoms with van der Waals surface area (Å²) in [6.07, 6.45) is 4.84. The molecule has 1 amide bonds. The van der Waals surface area contributed by atoms with Crippen molar-refractivity contribution in [2.45, 2.75) is 51.2 Å². The van der Waals surface area contributed by atoms with E-state index in [1.54, 1.807) is 0 Å². The maximum Gasteiger partial charge on any atom is 0.265 e. The molecule has 5 heteroatoms. The molecule has 0 unspecified atom stereocenters. The number of anilines is 1. The first-order chi connectivity index (χ1) is 12.6. The Bertz CT molecular complexity index is 709. The normalized spacial score (nSPS) is 15.5. The Morgan fingerprint density at radius 2 is 1.69 bits per heavy atom. The van der Waals surface area contributed by atoms with Gasteiger partial charge >= 0.3 is 0 Å². The molecule has 1 N–H and O–H groups in total. The molecule has 2 aromatic carbocycles. The van der Waals surface area contributed by atoms with Crippen molar-refractivity contribution >= 4 is 11.6 Å². The lowest BCUT2D eigenvalue weighted by Gasteiger charge is -2.18. The number of carbonyl (C=O) groups is 1. The van der Waals surface area contributed by atoms with Crippen LogP contribution in [0.2, 0.25) is 0 Å². The van der Waals surface area contributed by atoms with E-state index in [9.17, 15) is 9.18 Å². The zero-order valence-electron chi connectivity index (χ0n) is 14.9. The minimum atomic E-state index is -0.644. The maximum atomic E-state index is 13.0. The third kappa shape index (κ3) is 4.97. The Hall–Kier alpha value is -2.56. The lowest BCUT2D eigenvalue weighted by atomic mass is 10.2. The van der Waals surface area contributed by atoms with Crippen LogP contribution in [0, 0.1) is 5.82 Å².